The number of hydrogen-bond acceptors (Lipinski definition) is 3. The molecule has 24 heavy (non-hydrogen) atoms. The number of carbonyl (C=O) groups is 1. The number of hydrogen-bond donors (Lipinski definition) is 0. The number of benzene rings is 1. The molecular weight excluding hydrogens is 340 g/mol. The first-order valence-electron chi connectivity index (χ1n) is 8.36. The summed E-state index contributed by atoms with van der Waals surface area (Å²) in [5.74, 6) is -0.258. The van der Waals surface area contributed by atoms with Crippen LogP contribution in [-0.2, 0) is 14.0 Å². The van der Waals surface area contributed by atoms with Crippen LogP contribution in [0.3, 0.4) is 0 Å². The molecule has 3 nitrogen and oxygen atoms in total. The number of halogens is 1. The van der Waals surface area contributed by atoms with E-state index in [2.05, 4.69) is 33.9 Å². The second-order valence-electron chi connectivity index (χ2n) is 8.71. The summed E-state index contributed by atoms with van der Waals surface area (Å²) in [6.45, 7) is 16.5. The van der Waals surface area contributed by atoms with E-state index in [4.69, 9.17) is 20.8 Å². The Morgan fingerprint density at radius 1 is 1.17 bits per heavy atom. The van der Waals surface area contributed by atoms with Gasteiger partial charge in [-0.1, -0.05) is 44.5 Å². The Morgan fingerprint density at radius 3 is 2.21 bits per heavy atom. The lowest BCUT2D eigenvalue weighted by molar-refractivity contribution is -0.156. The van der Waals surface area contributed by atoms with Gasteiger partial charge in [0.15, 0.2) is 8.32 Å². The topological polar surface area (TPSA) is 35.5 Å². The first-order chi connectivity index (χ1) is 10.7. The SMILES string of the molecule is CC(C)(C)OC(=O)C[C@@H](O[Si](C)(C)C(C)(C)C)c1cccc(Cl)c1. The minimum absolute atomic E-state index is 0.0533. The quantitative estimate of drug-likeness (QED) is 0.461. The highest BCUT2D eigenvalue weighted by Gasteiger charge is 2.40. The van der Waals surface area contributed by atoms with Crippen LogP contribution in [-0.4, -0.2) is 19.9 Å². The highest BCUT2D eigenvalue weighted by Crippen LogP contribution is 2.41. The molecule has 0 N–H and O–H groups in total. The van der Waals surface area contributed by atoms with Gasteiger partial charge in [0.2, 0.25) is 0 Å². The van der Waals surface area contributed by atoms with Crippen molar-refractivity contribution in [2.75, 3.05) is 0 Å². The second kappa shape index (κ2) is 7.59. The molecule has 0 saturated carbocycles. The van der Waals surface area contributed by atoms with Crippen molar-refractivity contribution in [1.82, 2.24) is 0 Å². The zero-order valence-corrected chi connectivity index (χ0v) is 18.0. The maximum absolute atomic E-state index is 12.3. The van der Waals surface area contributed by atoms with E-state index in [1.807, 2.05) is 45.0 Å². The fraction of sp³-hybridized carbons (Fsp3) is 0.632. The van der Waals surface area contributed by atoms with Gasteiger partial charge in [0, 0.05) is 5.02 Å². The van der Waals surface area contributed by atoms with Crippen molar-refractivity contribution in [1.29, 1.82) is 0 Å². The molecule has 0 radical (unpaired) electrons. The van der Waals surface area contributed by atoms with Crippen LogP contribution in [0.5, 0.6) is 0 Å². The molecule has 1 atom stereocenters. The van der Waals surface area contributed by atoms with Gasteiger partial charge in [0.1, 0.15) is 5.60 Å². The Balaban J connectivity index is 3.07. The summed E-state index contributed by atoms with van der Waals surface area (Å²) in [6, 6.07) is 7.52. The summed E-state index contributed by atoms with van der Waals surface area (Å²) >= 11 is 6.13. The molecule has 5 heteroatoms. The maximum atomic E-state index is 12.3. The van der Waals surface area contributed by atoms with E-state index < -0.39 is 13.9 Å². The van der Waals surface area contributed by atoms with Crippen molar-refractivity contribution in [3.8, 4) is 0 Å². The van der Waals surface area contributed by atoms with Crippen LogP contribution in [0.15, 0.2) is 24.3 Å². The molecule has 136 valence electrons. The van der Waals surface area contributed by atoms with Gasteiger partial charge < -0.3 is 9.16 Å². The summed E-state index contributed by atoms with van der Waals surface area (Å²) in [4.78, 5) is 12.3. The van der Waals surface area contributed by atoms with Crippen molar-refractivity contribution in [3.63, 3.8) is 0 Å². The van der Waals surface area contributed by atoms with E-state index in [0.717, 1.165) is 5.56 Å². The van der Waals surface area contributed by atoms with Crippen LogP contribution in [0.25, 0.3) is 0 Å². The molecule has 0 aliphatic rings. The number of rotatable bonds is 5. The van der Waals surface area contributed by atoms with Crippen LogP contribution in [0.4, 0.5) is 0 Å². The average molecular weight is 371 g/mol. The summed E-state index contributed by atoms with van der Waals surface area (Å²) in [6.07, 6.45) is -0.163. The van der Waals surface area contributed by atoms with Gasteiger partial charge in [-0.15, -0.1) is 0 Å². The summed E-state index contributed by atoms with van der Waals surface area (Å²) in [5.41, 5.74) is 0.408. The molecule has 0 spiro atoms. The third kappa shape index (κ3) is 6.58. The number of ether oxygens (including phenoxy) is 1. The van der Waals surface area contributed by atoms with Crippen molar-refractivity contribution in [2.45, 2.75) is 77.8 Å². The van der Waals surface area contributed by atoms with Gasteiger partial charge in [-0.05, 0) is 56.6 Å². The van der Waals surface area contributed by atoms with Crippen molar-refractivity contribution < 1.29 is 14.0 Å². The molecular formula is C19H31ClO3Si. The van der Waals surface area contributed by atoms with Crippen LogP contribution < -0.4 is 0 Å². The minimum Gasteiger partial charge on any atom is -0.460 e. The summed E-state index contributed by atoms with van der Waals surface area (Å²) in [7, 11) is -2.04. The van der Waals surface area contributed by atoms with Gasteiger partial charge in [-0.2, -0.15) is 0 Å². The molecule has 1 aromatic carbocycles. The first kappa shape index (κ1) is 21.2. The average Bonchev–Trinajstić information content (AvgIpc) is 2.33. The Morgan fingerprint density at radius 2 is 1.75 bits per heavy atom. The fourth-order valence-corrected chi connectivity index (χ4v) is 3.48. The van der Waals surface area contributed by atoms with E-state index in [1.165, 1.54) is 0 Å². The summed E-state index contributed by atoms with van der Waals surface area (Å²) < 4.78 is 12.0. The lowest BCUT2D eigenvalue weighted by Crippen LogP contribution is -2.42. The minimum atomic E-state index is -2.04. The van der Waals surface area contributed by atoms with Crippen LogP contribution in [0, 0.1) is 0 Å². The van der Waals surface area contributed by atoms with Crippen LogP contribution in [0.1, 0.15) is 59.6 Å². The molecule has 0 fully saturated rings. The third-order valence-electron chi connectivity index (χ3n) is 4.24. The molecule has 0 aliphatic heterocycles. The molecule has 0 amide bonds. The second-order valence-corrected chi connectivity index (χ2v) is 13.9. The first-order valence-corrected chi connectivity index (χ1v) is 11.6. The third-order valence-corrected chi connectivity index (χ3v) is 8.96. The van der Waals surface area contributed by atoms with E-state index in [-0.39, 0.29) is 23.5 Å². The predicted octanol–water partition coefficient (Wildman–Crippen LogP) is 6.13. The lowest BCUT2D eigenvalue weighted by atomic mass is 10.1. The zero-order chi connectivity index (χ0) is 18.8. The van der Waals surface area contributed by atoms with Crippen molar-refractivity contribution >= 4 is 25.9 Å². The Kier molecular flexibility index (Phi) is 6.70. The Hall–Kier alpha value is -0.843. The van der Waals surface area contributed by atoms with Gasteiger partial charge in [-0.25, -0.2) is 0 Å². The molecule has 1 aromatic rings. The highest BCUT2D eigenvalue weighted by atomic mass is 35.5. The van der Waals surface area contributed by atoms with Crippen molar-refractivity contribution in [2.24, 2.45) is 0 Å². The van der Waals surface area contributed by atoms with Gasteiger partial charge >= 0.3 is 5.97 Å². The molecule has 0 unspecified atom stereocenters. The Bertz CT molecular complexity index is 571. The smallest absolute Gasteiger partial charge is 0.309 e. The van der Waals surface area contributed by atoms with E-state index >= 15 is 0 Å². The molecule has 0 aromatic heterocycles. The maximum Gasteiger partial charge on any atom is 0.309 e. The van der Waals surface area contributed by atoms with Gasteiger partial charge in [0.05, 0.1) is 12.5 Å². The largest absolute Gasteiger partial charge is 0.460 e. The molecule has 0 bridgehead atoms. The lowest BCUT2D eigenvalue weighted by Gasteiger charge is -2.39. The van der Waals surface area contributed by atoms with E-state index in [1.54, 1.807) is 0 Å². The van der Waals surface area contributed by atoms with Gasteiger partial charge in [0.25, 0.3) is 0 Å². The van der Waals surface area contributed by atoms with Crippen LogP contribution >= 0.6 is 11.6 Å². The number of esters is 1. The van der Waals surface area contributed by atoms with E-state index in [0.29, 0.717) is 5.02 Å². The zero-order valence-electron chi connectivity index (χ0n) is 16.2. The number of carbonyl (C=O) groups excluding carboxylic acids is 1. The molecule has 0 heterocycles. The Labute approximate surface area is 152 Å². The molecule has 0 aliphatic carbocycles. The molecule has 1 rings (SSSR count). The standard InChI is InChI=1S/C19H31ClO3Si/c1-18(2,3)22-17(21)13-16(14-10-9-11-15(20)12-14)23-24(7,8)19(4,5)6/h9-12,16H,13H2,1-8H3/t16-/m1/s1. The monoisotopic (exact) mass is 370 g/mol. The summed E-state index contributed by atoms with van der Waals surface area (Å²) in [5, 5.41) is 0.693. The van der Waals surface area contributed by atoms with E-state index in [9.17, 15) is 4.79 Å². The fourth-order valence-electron chi connectivity index (χ4n) is 2.00. The predicted molar refractivity (Wildman–Crippen MR) is 103 cm³/mol. The normalized spacial score (nSPS) is 14.4. The highest BCUT2D eigenvalue weighted by molar-refractivity contribution is 6.74. The van der Waals surface area contributed by atoms with Crippen LogP contribution in [0.2, 0.25) is 23.2 Å². The van der Waals surface area contributed by atoms with Crippen molar-refractivity contribution in [3.05, 3.63) is 34.9 Å². The van der Waals surface area contributed by atoms with Gasteiger partial charge in [-0.3, -0.25) is 4.79 Å². The molecule has 0 saturated heterocycles.